The molecule has 4 aromatic rings. The van der Waals surface area contributed by atoms with Crippen LogP contribution in [0.25, 0.3) is 5.52 Å². The Balaban J connectivity index is 1.46. The maximum absolute atomic E-state index is 11.2. The van der Waals surface area contributed by atoms with Gasteiger partial charge in [-0.15, -0.1) is 5.10 Å². The van der Waals surface area contributed by atoms with Crippen molar-refractivity contribution < 1.29 is 9.90 Å². The number of aromatic nitrogens is 7. The van der Waals surface area contributed by atoms with Crippen LogP contribution < -0.4 is 5.32 Å². The van der Waals surface area contributed by atoms with Crippen molar-refractivity contribution in [2.24, 2.45) is 4.99 Å². The first-order valence-corrected chi connectivity index (χ1v) is 9.05. The Morgan fingerprint density at radius 1 is 1.28 bits per heavy atom. The highest BCUT2D eigenvalue weighted by Gasteiger charge is 2.20. The SMILES string of the molecule is O=Cc1cnn2ccc(Cn3nnc4c3N=C(c3cnn(CCO)c3)CN4)cc12. The van der Waals surface area contributed by atoms with Gasteiger partial charge in [-0.05, 0) is 17.7 Å². The van der Waals surface area contributed by atoms with Crippen molar-refractivity contribution in [3.63, 3.8) is 0 Å². The van der Waals surface area contributed by atoms with Gasteiger partial charge in [-0.3, -0.25) is 9.48 Å². The molecule has 146 valence electrons. The molecular weight excluding hydrogens is 374 g/mol. The second kappa shape index (κ2) is 6.95. The fourth-order valence-corrected chi connectivity index (χ4v) is 3.28. The Morgan fingerprint density at radius 3 is 3.07 bits per heavy atom. The zero-order valence-electron chi connectivity index (χ0n) is 15.3. The summed E-state index contributed by atoms with van der Waals surface area (Å²) in [5.41, 5.74) is 3.92. The Kier molecular flexibility index (Phi) is 4.13. The predicted molar refractivity (Wildman–Crippen MR) is 104 cm³/mol. The van der Waals surface area contributed by atoms with Gasteiger partial charge < -0.3 is 10.4 Å². The predicted octanol–water partition coefficient (Wildman–Crippen LogP) is 0.522. The topological polar surface area (TPSA) is 128 Å². The second-order valence-electron chi connectivity index (χ2n) is 6.63. The van der Waals surface area contributed by atoms with Crippen LogP contribution in [0.3, 0.4) is 0 Å². The molecule has 11 nitrogen and oxygen atoms in total. The van der Waals surface area contributed by atoms with Crippen LogP contribution in [0.1, 0.15) is 21.5 Å². The molecular formula is C18H17N9O2. The van der Waals surface area contributed by atoms with Crippen molar-refractivity contribution in [1.29, 1.82) is 0 Å². The molecule has 5 rings (SSSR count). The molecule has 0 unspecified atom stereocenters. The van der Waals surface area contributed by atoms with Crippen molar-refractivity contribution in [1.82, 2.24) is 34.4 Å². The molecule has 0 saturated carbocycles. The monoisotopic (exact) mass is 391 g/mol. The molecule has 0 aromatic carbocycles. The van der Waals surface area contributed by atoms with Gasteiger partial charge in [0.05, 0.1) is 55.4 Å². The minimum Gasteiger partial charge on any atom is -0.394 e. The number of rotatable bonds is 6. The number of aliphatic hydroxyl groups excluding tert-OH is 1. The Hall–Kier alpha value is -3.86. The minimum atomic E-state index is 0.0278. The van der Waals surface area contributed by atoms with E-state index >= 15 is 0 Å². The minimum absolute atomic E-state index is 0.0278. The molecule has 5 heterocycles. The average molecular weight is 391 g/mol. The third-order valence-electron chi connectivity index (χ3n) is 4.74. The lowest BCUT2D eigenvalue weighted by Crippen LogP contribution is -2.19. The normalized spacial score (nSPS) is 13.2. The van der Waals surface area contributed by atoms with Gasteiger partial charge in [0, 0.05) is 18.0 Å². The van der Waals surface area contributed by atoms with E-state index in [1.807, 2.05) is 24.5 Å². The Bertz CT molecular complexity index is 1230. The van der Waals surface area contributed by atoms with E-state index in [0.717, 1.165) is 28.6 Å². The zero-order valence-corrected chi connectivity index (χ0v) is 15.3. The van der Waals surface area contributed by atoms with Crippen LogP contribution in [-0.4, -0.2) is 64.6 Å². The standard InChI is InChI=1S/C18H17N9O2/c28-4-3-25-10-13(6-20-25)15-8-19-17-18(22-15)27(24-23-17)9-12-1-2-26-16(5-12)14(11-29)7-21-26/h1-2,5-7,10-11,19,28H,3-4,8-9H2. The van der Waals surface area contributed by atoms with Crippen molar-refractivity contribution >= 4 is 29.2 Å². The van der Waals surface area contributed by atoms with Crippen LogP contribution in [0.15, 0.2) is 41.9 Å². The molecule has 0 bridgehead atoms. The number of aldehydes is 1. The molecule has 29 heavy (non-hydrogen) atoms. The van der Waals surface area contributed by atoms with Crippen LogP contribution in [0, 0.1) is 0 Å². The number of nitrogens with zero attached hydrogens (tertiary/aromatic N) is 8. The first kappa shape index (κ1) is 17.3. The number of anilines is 1. The van der Waals surface area contributed by atoms with E-state index in [4.69, 9.17) is 10.1 Å². The van der Waals surface area contributed by atoms with Crippen molar-refractivity contribution in [3.05, 3.63) is 53.6 Å². The molecule has 4 aromatic heterocycles. The number of carbonyl (C=O) groups is 1. The molecule has 0 saturated heterocycles. The van der Waals surface area contributed by atoms with E-state index in [2.05, 4.69) is 25.8 Å². The molecule has 1 aliphatic heterocycles. The molecule has 0 atom stereocenters. The van der Waals surface area contributed by atoms with Crippen molar-refractivity contribution in [2.45, 2.75) is 13.1 Å². The van der Waals surface area contributed by atoms with Crippen LogP contribution in [-0.2, 0) is 13.1 Å². The summed E-state index contributed by atoms with van der Waals surface area (Å²) >= 11 is 0. The third-order valence-corrected chi connectivity index (χ3v) is 4.74. The maximum Gasteiger partial charge on any atom is 0.196 e. The zero-order chi connectivity index (χ0) is 19.8. The van der Waals surface area contributed by atoms with Gasteiger partial charge in [0.1, 0.15) is 0 Å². The van der Waals surface area contributed by atoms with Crippen molar-refractivity contribution in [3.8, 4) is 0 Å². The summed E-state index contributed by atoms with van der Waals surface area (Å²) in [6.07, 6.45) is 7.72. The van der Waals surface area contributed by atoms with E-state index < -0.39 is 0 Å². The summed E-state index contributed by atoms with van der Waals surface area (Å²) in [5, 5.41) is 29.1. The second-order valence-corrected chi connectivity index (χ2v) is 6.63. The molecule has 0 radical (unpaired) electrons. The first-order chi connectivity index (χ1) is 14.2. The number of hydrogen-bond donors (Lipinski definition) is 2. The number of hydrogen-bond acceptors (Lipinski definition) is 8. The van der Waals surface area contributed by atoms with Gasteiger partial charge in [-0.2, -0.15) is 10.2 Å². The van der Waals surface area contributed by atoms with E-state index in [0.29, 0.717) is 36.8 Å². The van der Waals surface area contributed by atoms with E-state index in [1.165, 1.54) is 0 Å². The van der Waals surface area contributed by atoms with Gasteiger partial charge in [0.25, 0.3) is 0 Å². The molecule has 11 heteroatoms. The largest absolute Gasteiger partial charge is 0.394 e. The number of aliphatic imine (C=N–C) groups is 1. The summed E-state index contributed by atoms with van der Waals surface area (Å²) in [7, 11) is 0. The Morgan fingerprint density at radius 2 is 2.21 bits per heavy atom. The highest BCUT2D eigenvalue weighted by atomic mass is 16.3. The lowest BCUT2D eigenvalue weighted by atomic mass is 10.2. The molecule has 0 fully saturated rings. The van der Waals surface area contributed by atoms with Crippen LogP contribution in [0.5, 0.6) is 0 Å². The fraction of sp³-hybridized carbons (Fsp3) is 0.222. The van der Waals surface area contributed by atoms with E-state index in [1.54, 1.807) is 26.3 Å². The highest BCUT2D eigenvalue weighted by molar-refractivity contribution is 6.06. The quantitative estimate of drug-likeness (QED) is 0.459. The summed E-state index contributed by atoms with van der Waals surface area (Å²) in [6.45, 7) is 1.43. The number of carbonyl (C=O) groups excluding carboxylic acids is 1. The number of fused-ring (bicyclic) bond motifs is 2. The maximum atomic E-state index is 11.2. The lowest BCUT2D eigenvalue weighted by molar-refractivity contribution is 0.112. The first-order valence-electron chi connectivity index (χ1n) is 9.05. The van der Waals surface area contributed by atoms with Gasteiger partial charge in [-0.1, -0.05) is 5.21 Å². The van der Waals surface area contributed by atoms with Gasteiger partial charge >= 0.3 is 0 Å². The van der Waals surface area contributed by atoms with E-state index in [-0.39, 0.29) is 6.61 Å². The lowest BCUT2D eigenvalue weighted by Gasteiger charge is -2.13. The summed E-state index contributed by atoms with van der Waals surface area (Å²) in [4.78, 5) is 15.9. The number of aliphatic hydroxyl groups is 1. The smallest absolute Gasteiger partial charge is 0.196 e. The molecule has 0 aliphatic carbocycles. The molecule has 0 spiro atoms. The number of nitrogens with one attached hydrogen (secondary N) is 1. The molecule has 1 aliphatic rings. The average Bonchev–Trinajstić information content (AvgIpc) is 3.46. The van der Waals surface area contributed by atoms with Crippen LogP contribution in [0.2, 0.25) is 0 Å². The van der Waals surface area contributed by atoms with Gasteiger partial charge in [0.2, 0.25) is 0 Å². The van der Waals surface area contributed by atoms with E-state index in [9.17, 15) is 4.79 Å². The molecule has 2 N–H and O–H groups in total. The fourth-order valence-electron chi connectivity index (χ4n) is 3.28. The third kappa shape index (κ3) is 3.06. The summed E-state index contributed by atoms with van der Waals surface area (Å²) in [5.74, 6) is 1.25. The number of pyridine rings is 1. The van der Waals surface area contributed by atoms with Gasteiger partial charge in [-0.25, -0.2) is 14.2 Å². The highest BCUT2D eigenvalue weighted by Crippen LogP contribution is 2.27. The summed E-state index contributed by atoms with van der Waals surface area (Å²) < 4.78 is 5.04. The Labute approximate surface area is 164 Å². The summed E-state index contributed by atoms with van der Waals surface area (Å²) in [6, 6.07) is 3.83. The van der Waals surface area contributed by atoms with Crippen molar-refractivity contribution in [2.75, 3.05) is 18.5 Å². The van der Waals surface area contributed by atoms with Gasteiger partial charge in [0.15, 0.2) is 17.9 Å². The molecule has 0 amide bonds. The van der Waals surface area contributed by atoms with Crippen LogP contribution >= 0.6 is 0 Å². The van der Waals surface area contributed by atoms with Crippen LogP contribution in [0.4, 0.5) is 11.6 Å².